The monoisotopic (exact) mass is 381 g/mol. The number of carbonyl (C=O) groups excluding carboxylic acids is 1. The molecule has 0 bridgehead atoms. The van der Waals surface area contributed by atoms with Crippen LogP contribution in [0.5, 0.6) is 0 Å². The fourth-order valence-corrected chi connectivity index (χ4v) is 1.25. The van der Waals surface area contributed by atoms with Crippen LogP contribution in [-0.2, 0) is 11.3 Å². The van der Waals surface area contributed by atoms with Gasteiger partial charge in [0.25, 0.3) is 0 Å². The molecule has 0 amide bonds. The molecule has 0 radical (unpaired) electrons. The maximum Gasteiger partial charge on any atom is 0.374 e. The number of hydrogen-bond donors (Lipinski definition) is 2. The zero-order valence-corrected chi connectivity index (χ0v) is 13.5. The summed E-state index contributed by atoms with van der Waals surface area (Å²) in [6.45, 7) is 5.18. The Morgan fingerprint density at radius 2 is 2.21 bits per heavy atom. The van der Waals surface area contributed by atoms with E-state index in [1.54, 1.807) is 19.1 Å². The number of furan rings is 1. The van der Waals surface area contributed by atoms with Crippen molar-refractivity contribution in [3.05, 3.63) is 23.7 Å². The van der Waals surface area contributed by atoms with Crippen LogP contribution in [0.3, 0.4) is 0 Å². The highest BCUT2D eigenvalue weighted by molar-refractivity contribution is 14.0. The molecule has 1 aromatic rings. The SMILES string of the molecule is CCCNC(N)=NCc1ccc(C(=O)OCC)o1.I. The average molecular weight is 381 g/mol. The Balaban J connectivity index is 0.00000324. The Morgan fingerprint density at radius 3 is 2.84 bits per heavy atom. The van der Waals surface area contributed by atoms with Gasteiger partial charge in [-0.2, -0.15) is 0 Å². The van der Waals surface area contributed by atoms with Crippen LogP contribution in [0.4, 0.5) is 0 Å². The van der Waals surface area contributed by atoms with Gasteiger partial charge in [-0.25, -0.2) is 9.79 Å². The molecule has 0 fully saturated rings. The van der Waals surface area contributed by atoms with Crippen LogP contribution < -0.4 is 11.1 Å². The first-order chi connectivity index (χ1) is 8.67. The van der Waals surface area contributed by atoms with E-state index in [4.69, 9.17) is 14.9 Å². The van der Waals surface area contributed by atoms with Crippen LogP contribution in [0.2, 0.25) is 0 Å². The molecule has 1 heterocycles. The lowest BCUT2D eigenvalue weighted by Gasteiger charge is -2.02. The van der Waals surface area contributed by atoms with Crippen LogP contribution >= 0.6 is 24.0 Å². The van der Waals surface area contributed by atoms with E-state index in [-0.39, 0.29) is 29.7 Å². The number of rotatable bonds is 6. The van der Waals surface area contributed by atoms with Gasteiger partial charge in [0.2, 0.25) is 5.76 Å². The lowest BCUT2D eigenvalue weighted by molar-refractivity contribution is 0.0488. The first kappa shape index (κ1) is 17.8. The average Bonchev–Trinajstić information content (AvgIpc) is 2.83. The predicted octanol–water partition coefficient (Wildman–Crippen LogP) is 1.89. The van der Waals surface area contributed by atoms with E-state index >= 15 is 0 Å². The Kier molecular flexibility index (Phi) is 9.02. The lowest BCUT2D eigenvalue weighted by atomic mass is 10.4. The molecule has 0 spiro atoms. The molecule has 0 aromatic carbocycles. The third-order valence-corrected chi connectivity index (χ3v) is 2.10. The van der Waals surface area contributed by atoms with Gasteiger partial charge in [0.1, 0.15) is 12.3 Å². The van der Waals surface area contributed by atoms with Gasteiger partial charge in [-0.05, 0) is 25.5 Å². The van der Waals surface area contributed by atoms with Crippen molar-refractivity contribution in [1.29, 1.82) is 0 Å². The molecule has 19 heavy (non-hydrogen) atoms. The normalized spacial score (nSPS) is 10.7. The van der Waals surface area contributed by atoms with E-state index in [2.05, 4.69) is 10.3 Å². The van der Waals surface area contributed by atoms with Crippen molar-refractivity contribution in [2.45, 2.75) is 26.8 Å². The topological polar surface area (TPSA) is 89.8 Å². The number of nitrogens with two attached hydrogens (primary N) is 1. The third kappa shape index (κ3) is 6.46. The molecular formula is C12H20IN3O3. The minimum absolute atomic E-state index is 0. The summed E-state index contributed by atoms with van der Waals surface area (Å²) in [6, 6.07) is 3.25. The summed E-state index contributed by atoms with van der Waals surface area (Å²) in [5, 5.41) is 2.95. The Morgan fingerprint density at radius 1 is 1.47 bits per heavy atom. The van der Waals surface area contributed by atoms with Gasteiger partial charge in [0.15, 0.2) is 5.96 Å². The molecule has 7 heteroatoms. The number of guanidine groups is 1. The summed E-state index contributed by atoms with van der Waals surface area (Å²) in [6.07, 6.45) is 0.976. The standard InChI is InChI=1S/C12H19N3O3.HI/c1-3-7-14-12(13)15-8-9-5-6-10(18-9)11(16)17-4-2;/h5-6H,3-4,7-8H2,1-2H3,(H3,13,14,15);1H. The second-order valence-electron chi connectivity index (χ2n) is 3.61. The lowest BCUT2D eigenvalue weighted by Crippen LogP contribution is -2.32. The minimum atomic E-state index is -0.468. The van der Waals surface area contributed by atoms with Gasteiger partial charge in [-0.3, -0.25) is 0 Å². The Bertz CT molecular complexity index is 418. The largest absolute Gasteiger partial charge is 0.460 e. The molecule has 0 saturated heterocycles. The number of ether oxygens (including phenoxy) is 1. The number of halogens is 1. The van der Waals surface area contributed by atoms with Gasteiger partial charge in [0, 0.05) is 6.54 Å². The second-order valence-corrected chi connectivity index (χ2v) is 3.61. The number of nitrogens with one attached hydrogen (secondary N) is 1. The summed E-state index contributed by atoms with van der Waals surface area (Å²) in [4.78, 5) is 15.4. The predicted molar refractivity (Wildman–Crippen MR) is 83.7 cm³/mol. The van der Waals surface area contributed by atoms with Crippen LogP contribution in [0, 0.1) is 0 Å². The number of hydrogen-bond acceptors (Lipinski definition) is 4. The molecular weight excluding hydrogens is 361 g/mol. The quantitative estimate of drug-likeness (QED) is 0.340. The Labute approximate surface area is 129 Å². The van der Waals surface area contributed by atoms with E-state index < -0.39 is 5.97 Å². The molecule has 1 aromatic heterocycles. The molecule has 1 rings (SSSR count). The summed E-state index contributed by atoms with van der Waals surface area (Å²) in [5.41, 5.74) is 5.63. The number of carbonyl (C=O) groups is 1. The zero-order valence-electron chi connectivity index (χ0n) is 11.1. The van der Waals surface area contributed by atoms with Crippen LogP contribution in [0.15, 0.2) is 21.5 Å². The first-order valence-corrected chi connectivity index (χ1v) is 5.97. The fraction of sp³-hybridized carbons (Fsp3) is 0.500. The van der Waals surface area contributed by atoms with Crippen molar-refractivity contribution in [3.8, 4) is 0 Å². The van der Waals surface area contributed by atoms with Crippen LogP contribution in [0.1, 0.15) is 36.6 Å². The van der Waals surface area contributed by atoms with Crippen LogP contribution in [0.25, 0.3) is 0 Å². The maximum atomic E-state index is 11.3. The van der Waals surface area contributed by atoms with Gasteiger partial charge >= 0.3 is 5.97 Å². The molecule has 3 N–H and O–H groups in total. The van der Waals surface area contributed by atoms with Crippen molar-refractivity contribution in [2.75, 3.05) is 13.2 Å². The maximum absolute atomic E-state index is 11.3. The third-order valence-electron chi connectivity index (χ3n) is 2.10. The zero-order chi connectivity index (χ0) is 13.4. The molecule has 6 nitrogen and oxygen atoms in total. The van der Waals surface area contributed by atoms with Crippen LogP contribution in [-0.4, -0.2) is 25.1 Å². The number of esters is 1. The minimum Gasteiger partial charge on any atom is -0.460 e. The van der Waals surface area contributed by atoms with E-state index in [1.807, 2.05) is 6.92 Å². The fourth-order valence-electron chi connectivity index (χ4n) is 1.25. The van der Waals surface area contributed by atoms with Crippen molar-refractivity contribution in [3.63, 3.8) is 0 Å². The number of aliphatic imine (C=N–C) groups is 1. The van der Waals surface area contributed by atoms with Crippen molar-refractivity contribution in [1.82, 2.24) is 5.32 Å². The summed E-state index contributed by atoms with van der Waals surface area (Å²) < 4.78 is 10.1. The highest BCUT2D eigenvalue weighted by Gasteiger charge is 2.11. The molecule has 0 aliphatic carbocycles. The summed E-state index contributed by atoms with van der Waals surface area (Å²) in [7, 11) is 0. The van der Waals surface area contributed by atoms with Gasteiger partial charge in [-0.15, -0.1) is 24.0 Å². The molecule has 0 aliphatic rings. The smallest absolute Gasteiger partial charge is 0.374 e. The summed E-state index contributed by atoms with van der Waals surface area (Å²) >= 11 is 0. The van der Waals surface area contributed by atoms with Crippen molar-refractivity contribution < 1.29 is 13.9 Å². The van der Waals surface area contributed by atoms with Gasteiger partial charge < -0.3 is 20.2 Å². The van der Waals surface area contributed by atoms with E-state index in [9.17, 15) is 4.79 Å². The number of nitrogens with zero attached hydrogens (tertiary/aromatic N) is 1. The van der Waals surface area contributed by atoms with E-state index in [1.165, 1.54) is 0 Å². The van der Waals surface area contributed by atoms with Gasteiger partial charge in [-0.1, -0.05) is 6.92 Å². The second kappa shape index (κ2) is 9.65. The first-order valence-electron chi connectivity index (χ1n) is 5.97. The van der Waals surface area contributed by atoms with Crippen molar-refractivity contribution >= 4 is 35.9 Å². The molecule has 0 saturated carbocycles. The van der Waals surface area contributed by atoms with Crippen molar-refractivity contribution in [2.24, 2.45) is 10.7 Å². The molecule has 0 unspecified atom stereocenters. The molecule has 0 aliphatic heterocycles. The molecule has 108 valence electrons. The Hall–Kier alpha value is -1.25. The van der Waals surface area contributed by atoms with E-state index in [0.717, 1.165) is 13.0 Å². The highest BCUT2D eigenvalue weighted by Crippen LogP contribution is 2.10. The highest BCUT2D eigenvalue weighted by atomic mass is 127. The summed E-state index contributed by atoms with van der Waals surface area (Å²) in [5.74, 6) is 0.650. The molecule has 0 atom stereocenters. The van der Waals surface area contributed by atoms with E-state index in [0.29, 0.717) is 24.9 Å². The van der Waals surface area contributed by atoms with Gasteiger partial charge in [0.05, 0.1) is 6.61 Å².